The lowest BCUT2D eigenvalue weighted by molar-refractivity contribution is 0.0519. The first-order chi connectivity index (χ1) is 18.8. The molecule has 0 bridgehead atoms. The van der Waals surface area contributed by atoms with Gasteiger partial charge in [0.05, 0.1) is 26.4 Å². The number of rotatable bonds is 17. The lowest BCUT2D eigenvalue weighted by Gasteiger charge is -2.26. The van der Waals surface area contributed by atoms with Crippen molar-refractivity contribution in [1.82, 2.24) is 20.3 Å². The maximum absolute atomic E-state index is 12.0. The van der Waals surface area contributed by atoms with E-state index in [1.807, 2.05) is 36.4 Å². The minimum absolute atomic E-state index is 0.101. The zero-order valence-electron chi connectivity index (χ0n) is 21.7. The van der Waals surface area contributed by atoms with Gasteiger partial charge >= 0.3 is 0 Å². The summed E-state index contributed by atoms with van der Waals surface area (Å²) < 4.78 is 11.2. The number of amides is 1. The number of ether oxygens (including phenoxy) is 2. The molecule has 0 spiro atoms. The van der Waals surface area contributed by atoms with Gasteiger partial charge < -0.3 is 30.7 Å². The van der Waals surface area contributed by atoms with Gasteiger partial charge in [-0.05, 0) is 43.4 Å². The van der Waals surface area contributed by atoms with E-state index in [-0.39, 0.29) is 5.91 Å². The average Bonchev–Trinajstić information content (AvgIpc) is 2.93. The van der Waals surface area contributed by atoms with Crippen molar-refractivity contribution in [2.24, 2.45) is 0 Å². The molecule has 10 heteroatoms. The summed E-state index contributed by atoms with van der Waals surface area (Å²) in [5.41, 5.74) is 1.90. The van der Waals surface area contributed by atoms with Gasteiger partial charge in [-0.25, -0.2) is 0 Å². The minimum Gasteiger partial charge on any atom is -0.377 e. The number of hydrogen-bond acceptors (Lipinski definition) is 9. The second-order valence-electron chi connectivity index (χ2n) is 9.01. The number of anilines is 3. The fourth-order valence-electron chi connectivity index (χ4n) is 3.78. The maximum Gasteiger partial charge on any atom is 0.251 e. The Kier molecular flexibility index (Phi) is 11.1. The molecule has 0 saturated heterocycles. The predicted molar refractivity (Wildman–Crippen MR) is 149 cm³/mol. The molecule has 2 aromatic carbocycles. The second kappa shape index (κ2) is 15.5. The molecule has 0 aliphatic heterocycles. The average molecular weight is 520 g/mol. The van der Waals surface area contributed by atoms with Crippen molar-refractivity contribution in [1.29, 1.82) is 0 Å². The van der Waals surface area contributed by atoms with Crippen LogP contribution in [0.25, 0.3) is 0 Å². The van der Waals surface area contributed by atoms with Gasteiger partial charge in [-0.1, -0.05) is 48.5 Å². The lowest BCUT2D eigenvalue weighted by atomic mass is 9.93. The quantitative estimate of drug-likeness (QED) is 0.199. The molecule has 1 amide bonds. The molecule has 4 N–H and O–H groups in total. The van der Waals surface area contributed by atoms with Crippen molar-refractivity contribution >= 4 is 23.8 Å². The fraction of sp³-hybridized carbons (Fsp3) is 0.429. The number of carbonyl (C=O) groups is 1. The molecule has 1 aromatic heterocycles. The van der Waals surface area contributed by atoms with E-state index in [4.69, 9.17) is 9.47 Å². The van der Waals surface area contributed by atoms with Gasteiger partial charge in [-0.3, -0.25) is 4.79 Å². The van der Waals surface area contributed by atoms with Gasteiger partial charge in [-0.2, -0.15) is 15.0 Å². The Morgan fingerprint density at radius 2 is 1.34 bits per heavy atom. The molecule has 1 fully saturated rings. The molecule has 10 nitrogen and oxygen atoms in total. The summed E-state index contributed by atoms with van der Waals surface area (Å²) in [6, 6.07) is 19.9. The molecular formula is C28H37N7O3. The zero-order chi connectivity index (χ0) is 26.3. The van der Waals surface area contributed by atoms with Crippen LogP contribution in [0.15, 0.2) is 60.7 Å². The molecular weight excluding hydrogens is 482 g/mol. The molecule has 0 atom stereocenters. The molecule has 4 rings (SSSR count). The van der Waals surface area contributed by atoms with E-state index in [0.29, 0.717) is 69.0 Å². The van der Waals surface area contributed by atoms with E-state index < -0.39 is 0 Å². The summed E-state index contributed by atoms with van der Waals surface area (Å²) in [7, 11) is 0. The van der Waals surface area contributed by atoms with E-state index >= 15 is 0 Å². The summed E-state index contributed by atoms with van der Waals surface area (Å²) in [6.07, 6.45) is 4.40. The smallest absolute Gasteiger partial charge is 0.251 e. The van der Waals surface area contributed by atoms with Crippen LogP contribution < -0.4 is 21.3 Å². The Labute approximate surface area is 224 Å². The van der Waals surface area contributed by atoms with Crippen LogP contribution in [0.4, 0.5) is 17.8 Å². The van der Waals surface area contributed by atoms with E-state index in [1.165, 1.54) is 12.0 Å². The van der Waals surface area contributed by atoms with Gasteiger partial charge in [0.2, 0.25) is 17.8 Å². The maximum atomic E-state index is 12.0. The molecule has 202 valence electrons. The second-order valence-corrected chi connectivity index (χ2v) is 9.01. The Balaban J connectivity index is 1.11. The first kappa shape index (κ1) is 27.3. The summed E-state index contributed by atoms with van der Waals surface area (Å²) >= 11 is 0. The highest BCUT2D eigenvalue weighted by atomic mass is 16.5. The van der Waals surface area contributed by atoms with Gasteiger partial charge in [-0.15, -0.1) is 0 Å². The third-order valence-electron chi connectivity index (χ3n) is 6.08. The van der Waals surface area contributed by atoms with Crippen LogP contribution in [-0.4, -0.2) is 73.0 Å². The molecule has 1 heterocycles. The summed E-state index contributed by atoms with van der Waals surface area (Å²) in [4.78, 5) is 25.6. The predicted octanol–water partition coefficient (Wildman–Crippen LogP) is 3.37. The monoisotopic (exact) mass is 519 g/mol. The summed E-state index contributed by atoms with van der Waals surface area (Å²) in [6.45, 7) is 3.58. The molecule has 3 aromatic rings. The van der Waals surface area contributed by atoms with Crippen molar-refractivity contribution in [3.8, 4) is 0 Å². The van der Waals surface area contributed by atoms with Crippen LogP contribution in [0, 0.1) is 0 Å². The van der Waals surface area contributed by atoms with Crippen LogP contribution in [0.1, 0.15) is 35.2 Å². The van der Waals surface area contributed by atoms with Crippen LogP contribution in [0.5, 0.6) is 0 Å². The van der Waals surface area contributed by atoms with Crippen molar-refractivity contribution in [2.45, 2.75) is 31.7 Å². The SMILES string of the molecule is O=C(NCCOCCOCCNc1nc(NCCc2ccccc2)nc(NC2CCC2)n1)c1ccccc1. The van der Waals surface area contributed by atoms with Crippen molar-refractivity contribution < 1.29 is 14.3 Å². The van der Waals surface area contributed by atoms with Crippen LogP contribution in [0.2, 0.25) is 0 Å². The normalized spacial score (nSPS) is 12.9. The van der Waals surface area contributed by atoms with Gasteiger partial charge in [0, 0.05) is 31.2 Å². The van der Waals surface area contributed by atoms with Gasteiger partial charge in [0.1, 0.15) is 0 Å². The topological polar surface area (TPSA) is 122 Å². The van der Waals surface area contributed by atoms with Crippen LogP contribution in [0.3, 0.4) is 0 Å². The molecule has 0 radical (unpaired) electrons. The van der Waals surface area contributed by atoms with Gasteiger partial charge in [0.25, 0.3) is 5.91 Å². The first-order valence-corrected chi connectivity index (χ1v) is 13.3. The van der Waals surface area contributed by atoms with Crippen molar-refractivity contribution in [3.05, 3.63) is 71.8 Å². The summed E-state index contributed by atoms with van der Waals surface area (Å²) in [5, 5.41) is 12.8. The largest absolute Gasteiger partial charge is 0.377 e. The highest BCUT2D eigenvalue weighted by Crippen LogP contribution is 2.22. The van der Waals surface area contributed by atoms with E-state index in [9.17, 15) is 4.79 Å². The van der Waals surface area contributed by atoms with E-state index in [2.05, 4.69) is 48.4 Å². The third kappa shape index (κ3) is 9.60. The molecule has 1 aliphatic carbocycles. The van der Waals surface area contributed by atoms with E-state index in [0.717, 1.165) is 25.8 Å². The van der Waals surface area contributed by atoms with Gasteiger partial charge in [0.15, 0.2) is 0 Å². The summed E-state index contributed by atoms with van der Waals surface area (Å²) in [5.74, 6) is 1.55. The standard InChI is InChI=1S/C28H37N7O3/c36-25(23-10-5-2-6-11-23)29-16-18-37-20-21-38-19-17-31-27-33-26(30-15-14-22-8-3-1-4-9-22)34-28(35-27)32-24-12-7-13-24/h1-6,8-11,24H,7,12-21H2,(H,29,36)(H3,30,31,32,33,34,35). The number of nitrogens with zero attached hydrogens (tertiary/aromatic N) is 3. The van der Waals surface area contributed by atoms with E-state index in [1.54, 1.807) is 12.1 Å². The minimum atomic E-state index is -0.101. The Morgan fingerprint density at radius 1 is 0.737 bits per heavy atom. The number of nitrogens with one attached hydrogen (secondary N) is 4. The molecule has 1 aliphatic rings. The number of hydrogen-bond donors (Lipinski definition) is 4. The third-order valence-corrected chi connectivity index (χ3v) is 6.08. The Hall–Kier alpha value is -3.76. The highest BCUT2D eigenvalue weighted by molar-refractivity contribution is 5.94. The van der Waals surface area contributed by atoms with Crippen molar-refractivity contribution in [3.63, 3.8) is 0 Å². The number of carbonyl (C=O) groups excluding carboxylic acids is 1. The van der Waals surface area contributed by atoms with Crippen LogP contribution in [-0.2, 0) is 15.9 Å². The Morgan fingerprint density at radius 3 is 2.00 bits per heavy atom. The zero-order valence-corrected chi connectivity index (χ0v) is 21.7. The Bertz CT molecular complexity index is 1100. The highest BCUT2D eigenvalue weighted by Gasteiger charge is 2.19. The molecule has 1 saturated carbocycles. The molecule has 38 heavy (non-hydrogen) atoms. The first-order valence-electron chi connectivity index (χ1n) is 13.3. The van der Waals surface area contributed by atoms with Crippen LogP contribution >= 0.6 is 0 Å². The number of benzene rings is 2. The van der Waals surface area contributed by atoms with Crippen molar-refractivity contribution in [2.75, 3.05) is 62.0 Å². The number of aromatic nitrogens is 3. The fourth-order valence-corrected chi connectivity index (χ4v) is 3.78. The molecule has 0 unspecified atom stereocenters. The lowest BCUT2D eigenvalue weighted by Crippen LogP contribution is -2.28.